The van der Waals surface area contributed by atoms with Crippen LogP contribution in [0.25, 0.3) is 5.76 Å². The van der Waals surface area contributed by atoms with Crippen LogP contribution in [0.4, 0.5) is 5.69 Å². The number of anilines is 1. The first kappa shape index (κ1) is 23.4. The van der Waals surface area contributed by atoms with E-state index in [1.54, 1.807) is 42.5 Å². The van der Waals surface area contributed by atoms with Gasteiger partial charge in [0, 0.05) is 21.3 Å². The number of ketones is 1. The maximum absolute atomic E-state index is 13.2. The summed E-state index contributed by atoms with van der Waals surface area (Å²) >= 11 is 12.5. The summed E-state index contributed by atoms with van der Waals surface area (Å²) in [6.45, 7) is -0.526. The van der Waals surface area contributed by atoms with Gasteiger partial charge in [0.2, 0.25) is 0 Å². The minimum absolute atomic E-state index is 0.119. The molecule has 0 bridgehead atoms. The molecule has 2 N–H and O–H groups in total. The number of hydrogen-bond donors (Lipinski definition) is 2. The lowest BCUT2D eigenvalue weighted by atomic mass is 9.95. The summed E-state index contributed by atoms with van der Waals surface area (Å²) in [7, 11) is 0. The number of hydrogen-bond acceptors (Lipinski definition) is 5. The van der Waals surface area contributed by atoms with Gasteiger partial charge in [0.15, 0.2) is 6.61 Å². The van der Waals surface area contributed by atoms with Crippen molar-refractivity contribution in [1.29, 1.82) is 0 Å². The fraction of sp³-hybridized carbons (Fsp3) is 0.0800. The molecule has 172 valence electrons. The van der Waals surface area contributed by atoms with Crippen molar-refractivity contribution in [2.24, 2.45) is 0 Å². The number of ether oxygens (including phenoxy) is 1. The van der Waals surface area contributed by atoms with Crippen molar-refractivity contribution in [1.82, 2.24) is 0 Å². The molecule has 0 aromatic heterocycles. The Hall–Kier alpha value is -3.81. The molecular weight excluding hydrogens is 481 g/mol. The number of Topliss-reactive ketones (excluding diaryl/α,β-unsaturated/α-hetero) is 1. The Labute approximate surface area is 204 Å². The molecule has 0 radical (unpaired) electrons. The number of halogens is 2. The predicted octanol–water partition coefficient (Wildman–Crippen LogP) is 5.08. The van der Waals surface area contributed by atoms with Crippen molar-refractivity contribution in [3.8, 4) is 5.75 Å². The second-order valence-electron chi connectivity index (χ2n) is 7.38. The number of carbonyl (C=O) groups excluding carboxylic acids is 2. The smallest absolute Gasteiger partial charge is 0.341 e. The molecular formula is C25H17Cl2NO6. The Balaban J connectivity index is 1.86. The zero-order valence-corrected chi connectivity index (χ0v) is 19.0. The predicted molar refractivity (Wildman–Crippen MR) is 127 cm³/mol. The van der Waals surface area contributed by atoms with Crippen LogP contribution in [-0.4, -0.2) is 34.5 Å². The summed E-state index contributed by atoms with van der Waals surface area (Å²) in [5, 5.41) is 20.4. The molecule has 7 nitrogen and oxygen atoms in total. The van der Waals surface area contributed by atoms with Gasteiger partial charge in [-0.25, -0.2) is 4.79 Å². The Morgan fingerprint density at radius 2 is 1.62 bits per heavy atom. The van der Waals surface area contributed by atoms with Gasteiger partial charge in [0.25, 0.3) is 11.7 Å². The largest absolute Gasteiger partial charge is 0.507 e. The zero-order chi connectivity index (χ0) is 24.4. The number of nitrogens with zero attached hydrogens (tertiary/aromatic N) is 1. The number of carboxylic acids is 1. The minimum atomic E-state index is -1.13. The van der Waals surface area contributed by atoms with E-state index in [1.807, 2.05) is 0 Å². The van der Waals surface area contributed by atoms with Crippen LogP contribution in [0.5, 0.6) is 5.75 Å². The van der Waals surface area contributed by atoms with Crippen LogP contribution in [0.2, 0.25) is 10.0 Å². The number of carbonyl (C=O) groups is 3. The van der Waals surface area contributed by atoms with Crippen molar-refractivity contribution in [3.63, 3.8) is 0 Å². The highest BCUT2D eigenvalue weighted by molar-refractivity contribution is 6.52. The Bertz CT molecular complexity index is 1300. The van der Waals surface area contributed by atoms with Gasteiger partial charge in [-0.05, 0) is 42.0 Å². The average Bonchev–Trinajstić information content (AvgIpc) is 3.08. The highest BCUT2D eigenvalue weighted by Crippen LogP contribution is 2.44. The summed E-state index contributed by atoms with van der Waals surface area (Å²) in [6, 6.07) is 18.0. The molecule has 9 heteroatoms. The van der Waals surface area contributed by atoms with E-state index < -0.39 is 30.3 Å². The Kier molecular flexibility index (Phi) is 6.58. The van der Waals surface area contributed by atoms with E-state index >= 15 is 0 Å². The molecule has 0 spiro atoms. The van der Waals surface area contributed by atoms with Gasteiger partial charge in [-0.15, -0.1) is 0 Å². The Morgan fingerprint density at radius 3 is 2.24 bits per heavy atom. The standard InChI is InChI=1S/C25H17Cl2NO6/c26-15-6-11-18(19(27)12-15)22-21(23(31)14-4-2-1-3-5-14)24(32)25(33)28(22)16-7-9-17(10-8-16)34-13-20(29)30/h1-12,22,31H,13H2,(H,29,30)/b23-21+. The van der Waals surface area contributed by atoms with Gasteiger partial charge < -0.3 is 14.9 Å². The molecule has 0 aliphatic carbocycles. The van der Waals surface area contributed by atoms with E-state index in [0.29, 0.717) is 21.8 Å². The van der Waals surface area contributed by atoms with Crippen LogP contribution in [0.15, 0.2) is 78.4 Å². The quantitative estimate of drug-likeness (QED) is 0.279. The molecule has 1 unspecified atom stereocenters. The molecule has 3 aromatic rings. The SMILES string of the molecule is O=C(O)COc1ccc(N2C(=O)C(=O)/C(=C(/O)c3ccccc3)C2c2ccc(Cl)cc2Cl)cc1. The fourth-order valence-corrected chi connectivity index (χ4v) is 4.23. The molecule has 1 aliphatic rings. The van der Waals surface area contributed by atoms with Crippen LogP contribution in [0.3, 0.4) is 0 Å². The number of rotatable bonds is 6. The summed E-state index contributed by atoms with van der Waals surface area (Å²) in [6.07, 6.45) is 0. The number of aliphatic hydroxyl groups is 1. The van der Waals surface area contributed by atoms with Crippen molar-refractivity contribution in [3.05, 3.63) is 99.5 Å². The second-order valence-corrected chi connectivity index (χ2v) is 8.22. The summed E-state index contributed by atoms with van der Waals surface area (Å²) in [5.41, 5.74) is 0.974. The van der Waals surface area contributed by atoms with Crippen LogP contribution in [0, 0.1) is 0 Å². The highest BCUT2D eigenvalue weighted by Gasteiger charge is 2.47. The third-order valence-electron chi connectivity index (χ3n) is 5.23. The van der Waals surface area contributed by atoms with Crippen LogP contribution < -0.4 is 9.64 Å². The molecule has 34 heavy (non-hydrogen) atoms. The van der Waals surface area contributed by atoms with Crippen molar-refractivity contribution in [2.75, 3.05) is 11.5 Å². The molecule has 3 aromatic carbocycles. The van der Waals surface area contributed by atoms with Crippen LogP contribution in [0.1, 0.15) is 17.2 Å². The second kappa shape index (κ2) is 9.59. The zero-order valence-electron chi connectivity index (χ0n) is 17.4. The van der Waals surface area contributed by atoms with Gasteiger partial charge >= 0.3 is 5.97 Å². The molecule has 1 fully saturated rings. The number of aliphatic hydroxyl groups excluding tert-OH is 1. The lowest BCUT2D eigenvalue weighted by Gasteiger charge is -2.26. The van der Waals surface area contributed by atoms with Gasteiger partial charge in [-0.3, -0.25) is 14.5 Å². The van der Waals surface area contributed by atoms with Gasteiger partial charge in [0.1, 0.15) is 11.5 Å². The number of aliphatic carboxylic acids is 1. The molecule has 0 saturated carbocycles. The van der Waals surface area contributed by atoms with Crippen LogP contribution >= 0.6 is 23.2 Å². The van der Waals surface area contributed by atoms with Crippen LogP contribution in [-0.2, 0) is 14.4 Å². The average molecular weight is 498 g/mol. The summed E-state index contributed by atoms with van der Waals surface area (Å²) in [4.78, 5) is 38.3. The summed E-state index contributed by atoms with van der Waals surface area (Å²) < 4.78 is 5.14. The van der Waals surface area contributed by atoms with Gasteiger partial charge in [0.05, 0.1) is 11.6 Å². The molecule has 1 amide bonds. The Morgan fingerprint density at radius 1 is 0.941 bits per heavy atom. The monoisotopic (exact) mass is 497 g/mol. The van der Waals surface area contributed by atoms with E-state index in [-0.39, 0.29) is 22.1 Å². The topological polar surface area (TPSA) is 104 Å². The van der Waals surface area contributed by atoms with Crippen molar-refractivity contribution in [2.45, 2.75) is 6.04 Å². The fourth-order valence-electron chi connectivity index (χ4n) is 3.72. The van der Waals surface area contributed by atoms with E-state index in [1.165, 1.54) is 35.2 Å². The number of amides is 1. The normalized spacial score (nSPS) is 17.1. The van der Waals surface area contributed by atoms with E-state index in [9.17, 15) is 19.5 Å². The van der Waals surface area contributed by atoms with E-state index in [2.05, 4.69) is 0 Å². The number of carboxylic acid groups (broad SMARTS) is 1. The van der Waals surface area contributed by atoms with Crippen molar-refractivity contribution >= 4 is 52.3 Å². The maximum Gasteiger partial charge on any atom is 0.341 e. The summed E-state index contributed by atoms with van der Waals surface area (Å²) in [5.74, 6) is -2.92. The maximum atomic E-state index is 13.2. The molecule has 1 heterocycles. The van der Waals surface area contributed by atoms with Crippen molar-refractivity contribution < 1.29 is 29.3 Å². The molecule has 1 atom stereocenters. The molecule has 4 rings (SSSR count). The van der Waals surface area contributed by atoms with E-state index in [0.717, 1.165) is 0 Å². The first-order valence-electron chi connectivity index (χ1n) is 10.0. The van der Waals surface area contributed by atoms with Gasteiger partial charge in [-0.1, -0.05) is 59.6 Å². The molecule has 1 aliphatic heterocycles. The van der Waals surface area contributed by atoms with Gasteiger partial charge in [-0.2, -0.15) is 0 Å². The lowest BCUT2D eigenvalue weighted by molar-refractivity contribution is -0.139. The minimum Gasteiger partial charge on any atom is -0.507 e. The third-order valence-corrected chi connectivity index (χ3v) is 5.79. The number of benzene rings is 3. The first-order valence-corrected chi connectivity index (χ1v) is 10.8. The highest BCUT2D eigenvalue weighted by atomic mass is 35.5. The van der Waals surface area contributed by atoms with E-state index in [4.69, 9.17) is 33.0 Å². The lowest BCUT2D eigenvalue weighted by Crippen LogP contribution is -2.29. The molecule has 1 saturated heterocycles. The third kappa shape index (κ3) is 4.48. The first-order chi connectivity index (χ1) is 16.3.